The highest BCUT2D eigenvalue weighted by atomic mass is 16.6. The monoisotopic (exact) mass is 299 g/mol. The summed E-state index contributed by atoms with van der Waals surface area (Å²) in [4.78, 5) is 15.5. The van der Waals surface area contributed by atoms with Gasteiger partial charge < -0.3 is 14.6 Å². The molecule has 2 rings (SSSR count). The van der Waals surface area contributed by atoms with Gasteiger partial charge in [-0.3, -0.25) is 0 Å². The Morgan fingerprint density at radius 1 is 1.32 bits per heavy atom. The van der Waals surface area contributed by atoms with Crippen LogP contribution in [0.2, 0.25) is 0 Å². The number of carbonyl (C=O) groups is 1. The van der Waals surface area contributed by atoms with E-state index < -0.39 is 11.7 Å². The van der Waals surface area contributed by atoms with E-state index in [9.17, 15) is 4.79 Å². The predicted molar refractivity (Wildman–Crippen MR) is 86.8 cm³/mol. The van der Waals surface area contributed by atoms with Crippen LogP contribution in [0.15, 0.2) is 49.1 Å². The minimum Gasteiger partial charge on any atom is -0.444 e. The molecule has 22 heavy (non-hydrogen) atoms. The van der Waals surface area contributed by atoms with Crippen molar-refractivity contribution in [1.29, 1.82) is 0 Å². The fraction of sp³-hybridized carbons (Fsp3) is 0.294. The lowest BCUT2D eigenvalue weighted by Crippen LogP contribution is -2.32. The highest BCUT2D eigenvalue weighted by molar-refractivity contribution is 5.68. The number of nitrogens with zero attached hydrogens (tertiary/aromatic N) is 2. The van der Waals surface area contributed by atoms with Gasteiger partial charge in [-0.25, -0.2) is 9.78 Å². The lowest BCUT2D eigenvalue weighted by Gasteiger charge is -2.19. The number of amides is 1. The largest absolute Gasteiger partial charge is 0.444 e. The highest BCUT2D eigenvalue weighted by Crippen LogP contribution is 2.10. The van der Waals surface area contributed by atoms with E-state index in [0.717, 1.165) is 11.3 Å². The normalized spacial score (nSPS) is 11.6. The summed E-state index contributed by atoms with van der Waals surface area (Å²) in [5.74, 6) is 0. The Morgan fingerprint density at radius 3 is 2.64 bits per heavy atom. The lowest BCUT2D eigenvalue weighted by atomic mass is 10.2. The Morgan fingerprint density at radius 2 is 2.05 bits per heavy atom. The van der Waals surface area contributed by atoms with Crippen molar-refractivity contribution >= 4 is 12.2 Å². The van der Waals surface area contributed by atoms with Gasteiger partial charge in [0.05, 0.1) is 6.33 Å². The van der Waals surface area contributed by atoms with Crippen LogP contribution in [0.25, 0.3) is 11.8 Å². The lowest BCUT2D eigenvalue weighted by molar-refractivity contribution is 0.0534. The number of aromatic nitrogens is 2. The SMILES string of the molecule is CC(C)(C)OC(=O)NCC=Cc1ccc(-n2ccnc2)cc1. The van der Waals surface area contributed by atoms with Gasteiger partial charge in [-0.05, 0) is 38.5 Å². The molecule has 5 heteroatoms. The van der Waals surface area contributed by atoms with Gasteiger partial charge in [0.1, 0.15) is 5.60 Å². The van der Waals surface area contributed by atoms with Crippen LogP contribution in [0.5, 0.6) is 0 Å². The molecule has 1 aromatic carbocycles. The molecule has 0 unspecified atom stereocenters. The molecule has 0 saturated carbocycles. The average Bonchev–Trinajstić information content (AvgIpc) is 2.96. The quantitative estimate of drug-likeness (QED) is 0.941. The second-order valence-corrected chi connectivity index (χ2v) is 5.85. The topological polar surface area (TPSA) is 56.1 Å². The molecule has 116 valence electrons. The van der Waals surface area contributed by atoms with E-state index in [1.165, 1.54) is 0 Å². The summed E-state index contributed by atoms with van der Waals surface area (Å²) in [5, 5.41) is 2.68. The first-order chi connectivity index (χ1) is 10.4. The molecule has 1 heterocycles. The van der Waals surface area contributed by atoms with Gasteiger partial charge in [-0.15, -0.1) is 0 Å². The molecule has 0 bridgehead atoms. The molecule has 2 aromatic rings. The number of rotatable bonds is 4. The molecule has 0 fully saturated rings. The molecule has 0 aliphatic rings. The maximum absolute atomic E-state index is 11.5. The number of imidazole rings is 1. The molecule has 0 aliphatic carbocycles. The molecule has 0 saturated heterocycles. The van der Waals surface area contributed by atoms with Crippen molar-refractivity contribution in [2.45, 2.75) is 26.4 Å². The fourth-order valence-corrected chi connectivity index (χ4v) is 1.82. The first-order valence-electron chi connectivity index (χ1n) is 7.16. The van der Waals surface area contributed by atoms with E-state index in [-0.39, 0.29) is 0 Å². The second kappa shape index (κ2) is 6.93. The average molecular weight is 299 g/mol. The fourth-order valence-electron chi connectivity index (χ4n) is 1.82. The molecule has 1 amide bonds. The Bertz CT molecular complexity index is 623. The summed E-state index contributed by atoms with van der Waals surface area (Å²) in [7, 11) is 0. The van der Waals surface area contributed by atoms with Crippen molar-refractivity contribution in [3.05, 3.63) is 54.6 Å². The van der Waals surface area contributed by atoms with Gasteiger partial charge in [0, 0.05) is 24.6 Å². The molecular weight excluding hydrogens is 278 g/mol. The number of benzene rings is 1. The maximum atomic E-state index is 11.5. The van der Waals surface area contributed by atoms with E-state index >= 15 is 0 Å². The smallest absolute Gasteiger partial charge is 0.407 e. The zero-order valence-corrected chi connectivity index (χ0v) is 13.1. The third-order valence-electron chi connectivity index (χ3n) is 2.77. The van der Waals surface area contributed by atoms with Crippen LogP contribution >= 0.6 is 0 Å². The van der Waals surface area contributed by atoms with E-state index in [1.807, 2.05) is 68.0 Å². The number of alkyl carbamates (subject to hydrolysis) is 1. The van der Waals surface area contributed by atoms with Gasteiger partial charge in [0.25, 0.3) is 0 Å². The molecule has 0 spiro atoms. The van der Waals surface area contributed by atoms with Crippen LogP contribution in [0.1, 0.15) is 26.3 Å². The van der Waals surface area contributed by atoms with Gasteiger partial charge >= 0.3 is 6.09 Å². The van der Waals surface area contributed by atoms with Crippen molar-refractivity contribution in [3.8, 4) is 5.69 Å². The molecule has 1 aromatic heterocycles. The number of hydrogen-bond donors (Lipinski definition) is 1. The first-order valence-corrected chi connectivity index (χ1v) is 7.16. The number of carbonyl (C=O) groups excluding carboxylic acids is 1. The molecular formula is C17H21N3O2. The Hall–Kier alpha value is -2.56. The summed E-state index contributed by atoms with van der Waals surface area (Å²) in [5.41, 5.74) is 1.65. The van der Waals surface area contributed by atoms with Gasteiger partial charge in [-0.2, -0.15) is 0 Å². The number of ether oxygens (including phenoxy) is 1. The van der Waals surface area contributed by atoms with Crippen LogP contribution in [0, 0.1) is 0 Å². The third kappa shape index (κ3) is 5.09. The third-order valence-corrected chi connectivity index (χ3v) is 2.77. The summed E-state index contributed by atoms with van der Waals surface area (Å²) in [6, 6.07) is 8.06. The van der Waals surface area contributed by atoms with Crippen LogP contribution in [0.4, 0.5) is 4.79 Å². The van der Waals surface area contributed by atoms with Gasteiger partial charge in [0.15, 0.2) is 0 Å². The van der Waals surface area contributed by atoms with E-state index in [4.69, 9.17) is 4.74 Å². The van der Waals surface area contributed by atoms with Crippen LogP contribution < -0.4 is 5.32 Å². The zero-order chi connectivity index (χ0) is 16.0. The molecule has 0 radical (unpaired) electrons. The minimum absolute atomic E-state index is 0.410. The predicted octanol–water partition coefficient (Wildman–Crippen LogP) is 3.41. The standard InChI is InChI=1S/C17H21N3O2/c1-17(2,3)22-16(21)19-10-4-5-14-6-8-15(9-7-14)20-12-11-18-13-20/h4-9,11-13H,10H2,1-3H3,(H,19,21). The molecule has 1 N–H and O–H groups in total. The van der Waals surface area contributed by atoms with Crippen molar-refractivity contribution in [1.82, 2.24) is 14.9 Å². The van der Waals surface area contributed by atoms with Crippen molar-refractivity contribution in [2.24, 2.45) is 0 Å². The van der Waals surface area contributed by atoms with Gasteiger partial charge in [-0.1, -0.05) is 24.3 Å². The van der Waals surface area contributed by atoms with Crippen LogP contribution in [-0.2, 0) is 4.74 Å². The van der Waals surface area contributed by atoms with Crippen molar-refractivity contribution < 1.29 is 9.53 Å². The maximum Gasteiger partial charge on any atom is 0.407 e. The van der Waals surface area contributed by atoms with Crippen molar-refractivity contribution in [3.63, 3.8) is 0 Å². The summed E-state index contributed by atoms with van der Waals surface area (Å²) < 4.78 is 7.10. The summed E-state index contributed by atoms with van der Waals surface area (Å²) in [6.45, 7) is 5.94. The number of nitrogens with one attached hydrogen (secondary N) is 1. The Kier molecular flexibility index (Phi) is 4.99. The summed E-state index contributed by atoms with van der Waals surface area (Å²) >= 11 is 0. The molecule has 0 atom stereocenters. The van der Waals surface area contributed by atoms with E-state index in [0.29, 0.717) is 6.54 Å². The van der Waals surface area contributed by atoms with Gasteiger partial charge in [0.2, 0.25) is 0 Å². The highest BCUT2D eigenvalue weighted by Gasteiger charge is 2.14. The molecule has 5 nitrogen and oxygen atoms in total. The van der Waals surface area contributed by atoms with Crippen LogP contribution in [0.3, 0.4) is 0 Å². The molecule has 0 aliphatic heterocycles. The second-order valence-electron chi connectivity index (χ2n) is 5.85. The number of hydrogen-bond acceptors (Lipinski definition) is 3. The van der Waals surface area contributed by atoms with E-state index in [1.54, 1.807) is 12.5 Å². The Balaban J connectivity index is 1.82. The van der Waals surface area contributed by atoms with Crippen molar-refractivity contribution in [2.75, 3.05) is 6.54 Å². The minimum atomic E-state index is -0.475. The van der Waals surface area contributed by atoms with Crippen LogP contribution in [-0.4, -0.2) is 27.8 Å². The zero-order valence-electron chi connectivity index (χ0n) is 13.1. The van der Waals surface area contributed by atoms with E-state index in [2.05, 4.69) is 10.3 Å². The Labute approximate surface area is 130 Å². The summed E-state index contributed by atoms with van der Waals surface area (Å²) in [6.07, 6.45) is 8.83. The first kappa shape index (κ1) is 15.8.